The molecule has 0 atom stereocenters. The van der Waals surface area contributed by atoms with Crippen LogP contribution >= 0.6 is 0 Å². The summed E-state index contributed by atoms with van der Waals surface area (Å²) in [5.74, 6) is -0.0396. The fraction of sp³-hybridized carbons (Fsp3) is 0.111. The first-order valence-corrected chi connectivity index (χ1v) is 4.05. The Morgan fingerprint density at radius 3 is 2.53 bits per heavy atom. The molecule has 6 heteroatoms. The van der Waals surface area contributed by atoms with Crippen LogP contribution in [-0.4, -0.2) is 11.2 Å². The molecule has 78 valence electrons. The van der Waals surface area contributed by atoms with Crippen molar-refractivity contribution in [2.75, 3.05) is 5.01 Å². The van der Waals surface area contributed by atoms with Crippen LogP contribution in [0, 0.1) is 11.5 Å². The topological polar surface area (TPSA) is 85.6 Å². The highest BCUT2D eigenvalue weighted by Crippen LogP contribution is 2.17. The van der Waals surface area contributed by atoms with E-state index in [0.717, 1.165) is 5.01 Å². The van der Waals surface area contributed by atoms with Gasteiger partial charge in [0.1, 0.15) is 5.75 Å². The Labute approximate surface area is 86.2 Å². The first kappa shape index (κ1) is 11.0. The number of rotatable bonds is 3. The zero-order valence-corrected chi connectivity index (χ0v) is 7.97. The van der Waals surface area contributed by atoms with E-state index in [1.165, 1.54) is 31.2 Å². The largest absolute Gasteiger partial charge is 0.427 e. The van der Waals surface area contributed by atoms with Gasteiger partial charge in [0, 0.05) is 6.92 Å². The van der Waals surface area contributed by atoms with Crippen molar-refractivity contribution in [2.45, 2.75) is 6.92 Å². The fourth-order valence-corrected chi connectivity index (χ4v) is 0.967. The van der Waals surface area contributed by atoms with Crippen LogP contribution in [0.4, 0.5) is 5.69 Å². The zero-order valence-electron chi connectivity index (χ0n) is 7.97. The molecule has 15 heavy (non-hydrogen) atoms. The number of hydrogen-bond acceptors (Lipinski definition) is 6. The highest BCUT2D eigenvalue weighted by atomic mass is 16.5. The molecule has 1 aromatic carbocycles. The number of anilines is 1. The second-order valence-corrected chi connectivity index (χ2v) is 2.62. The molecular weight excluding hydrogens is 198 g/mol. The molecule has 0 spiro atoms. The summed E-state index contributed by atoms with van der Waals surface area (Å²) in [4.78, 5) is 10.6. The van der Waals surface area contributed by atoms with Crippen molar-refractivity contribution in [3.63, 3.8) is 0 Å². The molecular formula is C9H9N3O3. The van der Waals surface area contributed by atoms with Gasteiger partial charge in [-0.25, -0.2) is 0 Å². The van der Waals surface area contributed by atoms with Gasteiger partial charge in [0.05, 0.1) is 5.69 Å². The molecule has 1 rings (SSSR count). The van der Waals surface area contributed by atoms with E-state index in [9.17, 15) is 4.79 Å². The van der Waals surface area contributed by atoms with Crippen molar-refractivity contribution in [1.82, 2.24) is 5.59 Å². The van der Waals surface area contributed by atoms with Crippen LogP contribution in [0.2, 0.25) is 0 Å². The monoisotopic (exact) mass is 207 g/mol. The molecule has 0 saturated carbocycles. The van der Waals surface area contributed by atoms with Gasteiger partial charge in [-0.15, -0.1) is 5.59 Å². The van der Waals surface area contributed by atoms with E-state index in [2.05, 4.69) is 0 Å². The first-order valence-electron chi connectivity index (χ1n) is 4.05. The molecule has 2 N–H and O–H groups in total. The molecule has 0 saturated heterocycles. The SMILES string of the molecule is CC(=O)Oc1ccc(N(C#N)NO)cc1. The summed E-state index contributed by atoms with van der Waals surface area (Å²) in [5, 5.41) is 18.0. The summed E-state index contributed by atoms with van der Waals surface area (Å²) >= 11 is 0. The number of nitriles is 1. The highest BCUT2D eigenvalue weighted by molar-refractivity contribution is 5.69. The van der Waals surface area contributed by atoms with Crippen molar-refractivity contribution in [2.24, 2.45) is 0 Å². The van der Waals surface area contributed by atoms with Crippen molar-refractivity contribution in [3.05, 3.63) is 24.3 Å². The summed E-state index contributed by atoms with van der Waals surface area (Å²) < 4.78 is 4.79. The molecule has 0 aliphatic rings. The maximum absolute atomic E-state index is 10.6. The van der Waals surface area contributed by atoms with E-state index in [0.29, 0.717) is 11.4 Å². The van der Waals surface area contributed by atoms with Gasteiger partial charge >= 0.3 is 5.97 Å². The Balaban J connectivity index is 2.81. The van der Waals surface area contributed by atoms with Crippen LogP contribution in [0.3, 0.4) is 0 Å². The maximum atomic E-state index is 10.6. The predicted octanol–water partition coefficient (Wildman–Crippen LogP) is 0.793. The Morgan fingerprint density at radius 2 is 2.13 bits per heavy atom. The molecule has 0 fully saturated rings. The molecule has 0 bridgehead atoms. The molecule has 0 radical (unpaired) electrons. The van der Waals surface area contributed by atoms with Gasteiger partial charge in [-0.05, 0) is 24.3 Å². The Hall–Kier alpha value is -2.10. The molecule has 0 unspecified atom stereocenters. The minimum atomic E-state index is -0.417. The average Bonchev–Trinajstić information content (AvgIpc) is 2.21. The van der Waals surface area contributed by atoms with Gasteiger partial charge in [0.2, 0.25) is 6.19 Å². The highest BCUT2D eigenvalue weighted by Gasteiger charge is 2.04. The lowest BCUT2D eigenvalue weighted by atomic mass is 10.3. The van der Waals surface area contributed by atoms with E-state index in [-0.39, 0.29) is 0 Å². The standard InChI is InChI=1S/C9H9N3O3/c1-7(13)15-9-4-2-8(3-5-9)12(6-10)11-14/h2-5,11,14H,1H3. The van der Waals surface area contributed by atoms with Crippen LogP contribution in [-0.2, 0) is 4.79 Å². The third-order valence-corrected chi connectivity index (χ3v) is 1.56. The number of hydrogen-bond donors (Lipinski definition) is 2. The number of hydrazine groups is 1. The van der Waals surface area contributed by atoms with Crippen molar-refractivity contribution < 1.29 is 14.7 Å². The number of carbonyl (C=O) groups is 1. The van der Waals surface area contributed by atoms with Gasteiger partial charge in [0.25, 0.3) is 0 Å². The molecule has 0 aliphatic heterocycles. The van der Waals surface area contributed by atoms with Gasteiger partial charge in [0.15, 0.2) is 0 Å². The van der Waals surface area contributed by atoms with Crippen molar-refractivity contribution >= 4 is 11.7 Å². The van der Waals surface area contributed by atoms with E-state index < -0.39 is 5.97 Å². The third kappa shape index (κ3) is 2.95. The average molecular weight is 207 g/mol. The Bertz CT molecular complexity index is 383. The third-order valence-electron chi connectivity index (χ3n) is 1.56. The van der Waals surface area contributed by atoms with Crippen molar-refractivity contribution in [3.8, 4) is 11.9 Å². The number of ether oxygens (including phenoxy) is 1. The Morgan fingerprint density at radius 1 is 1.53 bits per heavy atom. The van der Waals surface area contributed by atoms with E-state index >= 15 is 0 Å². The zero-order chi connectivity index (χ0) is 11.3. The van der Waals surface area contributed by atoms with Crippen LogP contribution in [0.5, 0.6) is 5.75 Å². The number of carbonyl (C=O) groups excluding carboxylic acids is 1. The lowest BCUT2D eigenvalue weighted by Gasteiger charge is -2.11. The summed E-state index contributed by atoms with van der Waals surface area (Å²) in [6, 6.07) is 6.06. The van der Waals surface area contributed by atoms with Crippen LogP contribution in [0.25, 0.3) is 0 Å². The van der Waals surface area contributed by atoms with Crippen molar-refractivity contribution in [1.29, 1.82) is 5.26 Å². The lowest BCUT2D eigenvalue weighted by Crippen LogP contribution is -2.30. The smallest absolute Gasteiger partial charge is 0.308 e. The molecule has 0 heterocycles. The predicted molar refractivity (Wildman–Crippen MR) is 50.8 cm³/mol. The fourth-order valence-electron chi connectivity index (χ4n) is 0.967. The summed E-state index contributed by atoms with van der Waals surface area (Å²) in [5.41, 5.74) is 2.12. The van der Waals surface area contributed by atoms with E-state index in [1.54, 1.807) is 11.8 Å². The second-order valence-electron chi connectivity index (χ2n) is 2.62. The number of nitrogens with one attached hydrogen (secondary N) is 1. The van der Waals surface area contributed by atoms with Crippen LogP contribution in [0.1, 0.15) is 6.92 Å². The summed E-state index contributed by atoms with van der Waals surface area (Å²) in [7, 11) is 0. The molecule has 0 amide bonds. The summed E-state index contributed by atoms with van der Waals surface area (Å²) in [6.45, 7) is 1.30. The number of benzene rings is 1. The van der Waals surface area contributed by atoms with E-state index in [1.807, 2.05) is 0 Å². The van der Waals surface area contributed by atoms with Gasteiger partial charge in [-0.3, -0.25) is 10.0 Å². The number of nitrogens with zero attached hydrogens (tertiary/aromatic N) is 2. The van der Waals surface area contributed by atoms with Crippen LogP contribution in [0.15, 0.2) is 24.3 Å². The van der Waals surface area contributed by atoms with Crippen LogP contribution < -0.4 is 15.3 Å². The minimum absolute atomic E-state index is 0.377. The van der Waals surface area contributed by atoms with E-state index in [4.69, 9.17) is 15.2 Å². The first-order chi connectivity index (χ1) is 7.17. The van der Waals surface area contributed by atoms with Gasteiger partial charge < -0.3 is 4.74 Å². The minimum Gasteiger partial charge on any atom is -0.427 e. The molecule has 0 aliphatic carbocycles. The normalized spacial score (nSPS) is 9.13. The quantitative estimate of drug-likeness (QED) is 0.250. The number of esters is 1. The van der Waals surface area contributed by atoms with Gasteiger partial charge in [-0.1, -0.05) is 0 Å². The Kier molecular flexibility index (Phi) is 3.62. The van der Waals surface area contributed by atoms with Gasteiger partial charge in [-0.2, -0.15) is 10.3 Å². The second kappa shape index (κ2) is 4.95. The maximum Gasteiger partial charge on any atom is 0.308 e. The molecule has 0 aromatic heterocycles. The molecule has 1 aromatic rings. The molecule has 6 nitrogen and oxygen atoms in total. The summed E-state index contributed by atoms with van der Waals surface area (Å²) in [6.07, 6.45) is 1.69. The lowest BCUT2D eigenvalue weighted by molar-refractivity contribution is -0.131.